The normalized spacial score (nSPS) is 25.1. The van der Waals surface area contributed by atoms with Gasteiger partial charge in [-0.2, -0.15) is 4.58 Å². The molecule has 276 valence electrons. The van der Waals surface area contributed by atoms with E-state index in [0.29, 0.717) is 11.5 Å². The number of para-hydroxylation sites is 1. The van der Waals surface area contributed by atoms with E-state index in [1.54, 1.807) is 0 Å². The molecule has 2 saturated carbocycles. The van der Waals surface area contributed by atoms with Crippen molar-refractivity contribution in [1.82, 2.24) is 0 Å². The fourth-order valence-electron chi connectivity index (χ4n) is 8.69. The number of esters is 1. The molecule has 11 heteroatoms. The van der Waals surface area contributed by atoms with Crippen molar-refractivity contribution in [2.24, 2.45) is 16.7 Å². The van der Waals surface area contributed by atoms with Crippen LogP contribution >= 0.6 is 0 Å². The van der Waals surface area contributed by atoms with Gasteiger partial charge in [0.2, 0.25) is 5.69 Å². The van der Waals surface area contributed by atoms with Gasteiger partial charge in [0.25, 0.3) is 0 Å². The van der Waals surface area contributed by atoms with Crippen LogP contribution in [0.25, 0.3) is 6.08 Å². The third-order valence-corrected chi connectivity index (χ3v) is 12.1. The van der Waals surface area contributed by atoms with Gasteiger partial charge in [-0.3, -0.25) is 0 Å². The average molecular weight is 824 g/mol. The van der Waals surface area contributed by atoms with Crippen LogP contribution in [-0.4, -0.2) is 55.8 Å². The van der Waals surface area contributed by atoms with Gasteiger partial charge in [0.05, 0.1) is 11.0 Å². The van der Waals surface area contributed by atoms with E-state index < -0.39 is 20.3 Å². The number of carbonyl (C=O) groups is 1. The molecule has 0 aromatic heterocycles. The number of anilines is 1. The summed E-state index contributed by atoms with van der Waals surface area (Å²) in [5, 5.41) is 0. The van der Waals surface area contributed by atoms with E-state index in [-0.39, 0.29) is 33.0 Å². The summed E-state index contributed by atoms with van der Waals surface area (Å²) in [6.07, 6.45) is 10.5. The van der Waals surface area contributed by atoms with E-state index in [9.17, 15) is 18.9 Å². The summed E-state index contributed by atoms with van der Waals surface area (Å²) in [6, 6.07) is 25.8. The van der Waals surface area contributed by atoms with Gasteiger partial charge in [-0.1, -0.05) is 63.2 Å². The van der Waals surface area contributed by atoms with Crippen LogP contribution in [0.1, 0.15) is 93.8 Å². The number of fused-ring (bicyclic) bond motifs is 3. The second-order valence-corrected chi connectivity index (χ2v) is 19.2. The van der Waals surface area contributed by atoms with E-state index in [0.717, 1.165) is 32.5 Å². The predicted molar refractivity (Wildman–Crippen MR) is 191 cm³/mol. The van der Waals surface area contributed by atoms with Crippen molar-refractivity contribution in [1.29, 1.82) is 0 Å². The Morgan fingerprint density at radius 1 is 0.882 bits per heavy atom. The predicted octanol–water partition coefficient (Wildman–Crippen LogP) is 7.67. The molecule has 3 aromatic rings. The molecule has 51 heavy (non-hydrogen) atoms. The Hall–Kier alpha value is -3.26. The van der Waals surface area contributed by atoms with Crippen LogP contribution in [0.4, 0.5) is 25.4 Å². The number of hydrogen-bond donors (Lipinski definition) is 0. The molecule has 3 unspecified atom stereocenters. The summed E-state index contributed by atoms with van der Waals surface area (Å²) in [7, 11) is 0. The minimum absolute atomic E-state index is 0. The molecule has 0 N–H and O–H groups in total. The van der Waals surface area contributed by atoms with Gasteiger partial charge in [0.15, 0.2) is 12.3 Å². The summed E-state index contributed by atoms with van der Waals surface area (Å²) in [6.45, 7) is 14.7. The summed E-state index contributed by atoms with van der Waals surface area (Å²) in [5.74, 6) is 0.457. The third kappa shape index (κ3) is 8.21. The Kier molecular flexibility index (Phi) is 10.7. The number of benzene rings is 3. The molecule has 7 rings (SSSR count). The van der Waals surface area contributed by atoms with Gasteiger partial charge in [-0.05, 0) is 93.2 Å². The van der Waals surface area contributed by atoms with Crippen molar-refractivity contribution >= 4 is 49.4 Å². The molecule has 3 aromatic carbocycles. The first kappa shape index (κ1) is 39.0. The van der Waals surface area contributed by atoms with Crippen LogP contribution in [0.2, 0.25) is 0 Å². The number of nitrogens with zero attached hydrogens (tertiary/aromatic N) is 2. The van der Waals surface area contributed by atoms with Crippen LogP contribution in [0.15, 0.2) is 78.9 Å². The fraction of sp³-hybridized carbons (Fsp3) is 0.450. The SMILES string of the molecule is CC1(C)C(/C=C/c2ccc(N3CCCC3)cc2)=[N+](Cc2ccc(C(=O)OC3CC4CCC3(C)C4(C)C)cc2)c2ccccc21.[F-].[F][Sb]([F])([F])([F])[F]. The number of rotatable bonds is 7. The zero-order chi connectivity index (χ0) is 36.1. The molecule has 4 nitrogen and oxygen atoms in total. The zero-order valence-electron chi connectivity index (χ0n) is 29.8. The Bertz CT molecular complexity index is 1790. The number of hydrogen-bond acceptors (Lipinski definition) is 3. The topological polar surface area (TPSA) is 32.5 Å². The Morgan fingerprint density at radius 3 is 2.06 bits per heavy atom. The van der Waals surface area contributed by atoms with Gasteiger partial charge >= 0.3 is 40.3 Å². The number of halogens is 6. The van der Waals surface area contributed by atoms with E-state index >= 15 is 0 Å². The second-order valence-electron chi connectivity index (χ2n) is 15.6. The van der Waals surface area contributed by atoms with Crippen molar-refractivity contribution in [2.45, 2.75) is 84.8 Å². The summed E-state index contributed by atoms with van der Waals surface area (Å²) in [5.41, 5.74) is 8.37. The minimum atomic E-state index is -9.19. The molecule has 2 aliphatic heterocycles. The molecule has 0 radical (unpaired) electrons. The van der Waals surface area contributed by atoms with E-state index in [4.69, 9.17) is 4.74 Å². The van der Waals surface area contributed by atoms with E-state index in [1.165, 1.54) is 53.0 Å². The van der Waals surface area contributed by atoms with Crippen molar-refractivity contribution in [2.75, 3.05) is 18.0 Å². The number of ether oxygens (including phenoxy) is 1. The maximum absolute atomic E-state index is 13.3. The summed E-state index contributed by atoms with van der Waals surface area (Å²) in [4.78, 5) is 15.7. The molecular formula is C40H47F6N2O2Sb. The number of allylic oxidation sites excluding steroid dienone is 1. The quantitative estimate of drug-likeness (QED) is 0.106. The Morgan fingerprint density at radius 2 is 1.49 bits per heavy atom. The molecule has 3 fully saturated rings. The molecule has 3 atom stereocenters. The third-order valence-electron chi connectivity index (χ3n) is 12.1. The van der Waals surface area contributed by atoms with Crippen LogP contribution in [-0.2, 0) is 16.7 Å². The van der Waals surface area contributed by atoms with Crippen molar-refractivity contribution in [3.05, 3.63) is 101 Å². The molecule has 2 bridgehead atoms. The van der Waals surface area contributed by atoms with Crippen LogP contribution in [0.5, 0.6) is 0 Å². The first-order valence-electron chi connectivity index (χ1n) is 17.5. The molecule has 1 saturated heterocycles. The fourth-order valence-corrected chi connectivity index (χ4v) is 8.69. The molecule has 2 aliphatic carbocycles. The van der Waals surface area contributed by atoms with Gasteiger partial charge in [0, 0.05) is 47.5 Å². The molecular weight excluding hydrogens is 776 g/mol. The monoisotopic (exact) mass is 822 g/mol. The molecule has 4 aliphatic rings. The van der Waals surface area contributed by atoms with E-state index in [1.807, 2.05) is 12.1 Å². The summed E-state index contributed by atoms with van der Waals surface area (Å²) < 4.78 is 58.2. The van der Waals surface area contributed by atoms with E-state index in [2.05, 4.69) is 117 Å². The maximum atomic E-state index is 13.3. The van der Waals surface area contributed by atoms with Gasteiger partial charge < -0.3 is 14.3 Å². The van der Waals surface area contributed by atoms with Crippen LogP contribution in [0.3, 0.4) is 0 Å². The van der Waals surface area contributed by atoms with Gasteiger partial charge in [-0.25, -0.2) is 4.79 Å². The molecule has 2 heterocycles. The van der Waals surface area contributed by atoms with Crippen LogP contribution in [0, 0.1) is 16.7 Å². The Labute approximate surface area is 301 Å². The first-order chi connectivity index (χ1) is 23.3. The van der Waals surface area contributed by atoms with Gasteiger partial charge in [-0.15, -0.1) is 0 Å². The number of carbonyl (C=O) groups excluding carboxylic acids is 1. The Balaban J connectivity index is 0.000000665. The second kappa shape index (κ2) is 13.9. The molecule has 0 spiro atoms. The van der Waals surface area contributed by atoms with Crippen LogP contribution < -0.4 is 9.60 Å². The standard InChI is InChI=1S/C40H47N2O2.6FH.Sb/c1-38(2)33-10-6-7-11-34(33)42(35(38)21-16-28-14-19-32(20-15-28)41-24-8-9-25-41)27-29-12-17-30(18-13-29)37(43)44-36-26-31-22-23-40(36,5)39(31,3)4;;;;;;;/h6-7,10-21,31,36H,8-9,22-27H2,1-5H3;6*1H;/q+1;;;;;;;+5/p-6. The van der Waals surface area contributed by atoms with Crippen molar-refractivity contribution < 1.29 is 32.9 Å². The molecule has 0 amide bonds. The average Bonchev–Trinajstić information content (AvgIpc) is 3.75. The van der Waals surface area contributed by atoms with Gasteiger partial charge in [0.1, 0.15) is 6.10 Å². The zero-order valence-corrected chi connectivity index (χ0v) is 32.4. The summed E-state index contributed by atoms with van der Waals surface area (Å²) >= 11 is -9.19. The first-order valence-corrected chi connectivity index (χ1v) is 22.3. The van der Waals surface area contributed by atoms with Crippen molar-refractivity contribution in [3.63, 3.8) is 0 Å². The van der Waals surface area contributed by atoms with Crippen molar-refractivity contribution in [3.8, 4) is 0 Å².